The second kappa shape index (κ2) is 63.6. The molecule has 0 saturated carbocycles. The molecule has 0 aromatic heterocycles. The first-order chi connectivity index (χ1) is 37.5. The highest BCUT2D eigenvalue weighted by molar-refractivity contribution is 5.71. The highest BCUT2D eigenvalue weighted by Gasteiger charge is 2.19. The molecule has 0 spiro atoms. The van der Waals surface area contributed by atoms with Gasteiger partial charge in [0.15, 0.2) is 6.10 Å². The van der Waals surface area contributed by atoms with Gasteiger partial charge in [0.05, 0.1) is 0 Å². The molecule has 0 aliphatic rings. The third-order valence-electron chi connectivity index (χ3n) is 13.5. The zero-order valence-corrected chi connectivity index (χ0v) is 49.7. The third-order valence-corrected chi connectivity index (χ3v) is 13.5. The summed E-state index contributed by atoms with van der Waals surface area (Å²) < 4.78 is 16.9. The average Bonchev–Trinajstić information content (AvgIpc) is 3.42. The van der Waals surface area contributed by atoms with Gasteiger partial charge in [-0.3, -0.25) is 14.4 Å². The molecular formula is C70H118O6. The lowest BCUT2D eigenvalue weighted by Crippen LogP contribution is -2.30. The van der Waals surface area contributed by atoms with Crippen LogP contribution in [0.1, 0.15) is 297 Å². The van der Waals surface area contributed by atoms with E-state index in [1.807, 2.05) is 0 Å². The molecule has 76 heavy (non-hydrogen) atoms. The lowest BCUT2D eigenvalue weighted by molar-refractivity contribution is -0.167. The fraction of sp³-hybridized carbons (Fsp3) is 0.700. The predicted octanol–water partition coefficient (Wildman–Crippen LogP) is 21.8. The van der Waals surface area contributed by atoms with Gasteiger partial charge in [-0.1, -0.05) is 259 Å². The van der Waals surface area contributed by atoms with E-state index < -0.39 is 6.10 Å². The van der Waals surface area contributed by atoms with Gasteiger partial charge in [-0.05, 0) is 128 Å². The lowest BCUT2D eigenvalue weighted by atomic mass is 10.1. The van der Waals surface area contributed by atoms with Crippen LogP contribution in [0.15, 0.2) is 109 Å². The Morgan fingerprint density at radius 1 is 0.276 bits per heavy atom. The molecule has 0 rings (SSSR count). The monoisotopic (exact) mass is 1050 g/mol. The second-order valence-electron chi connectivity index (χ2n) is 20.9. The molecule has 0 fully saturated rings. The fourth-order valence-corrected chi connectivity index (χ4v) is 8.71. The van der Waals surface area contributed by atoms with Crippen LogP contribution in [0.3, 0.4) is 0 Å². The molecule has 0 aliphatic heterocycles. The summed E-state index contributed by atoms with van der Waals surface area (Å²) in [6.45, 7) is 6.49. The maximum atomic E-state index is 12.9. The number of hydrogen-bond acceptors (Lipinski definition) is 6. The van der Waals surface area contributed by atoms with E-state index in [1.54, 1.807) is 0 Å². The van der Waals surface area contributed by atoms with Crippen LogP contribution in [0.5, 0.6) is 0 Å². The van der Waals surface area contributed by atoms with E-state index in [0.29, 0.717) is 19.3 Å². The summed E-state index contributed by atoms with van der Waals surface area (Å²) in [4.78, 5) is 38.3. The molecule has 0 N–H and O–H groups in total. The van der Waals surface area contributed by atoms with Gasteiger partial charge < -0.3 is 14.2 Å². The fourth-order valence-electron chi connectivity index (χ4n) is 8.71. The summed E-state index contributed by atoms with van der Waals surface area (Å²) in [5.41, 5.74) is 0. The van der Waals surface area contributed by atoms with Crippen LogP contribution in [0.25, 0.3) is 0 Å². The Balaban J connectivity index is 4.37. The first kappa shape index (κ1) is 72.1. The van der Waals surface area contributed by atoms with Gasteiger partial charge in [-0.15, -0.1) is 0 Å². The molecule has 6 nitrogen and oxygen atoms in total. The van der Waals surface area contributed by atoms with Crippen molar-refractivity contribution < 1.29 is 28.6 Å². The van der Waals surface area contributed by atoms with E-state index >= 15 is 0 Å². The summed E-state index contributed by atoms with van der Waals surface area (Å²) in [5, 5.41) is 0. The third kappa shape index (κ3) is 60.9. The first-order valence-electron chi connectivity index (χ1n) is 31.9. The van der Waals surface area contributed by atoms with Gasteiger partial charge in [0, 0.05) is 19.3 Å². The lowest BCUT2D eigenvalue weighted by Gasteiger charge is -2.18. The number of hydrogen-bond donors (Lipinski definition) is 0. The number of carbonyl (C=O) groups excluding carboxylic acids is 3. The molecule has 6 heteroatoms. The number of allylic oxidation sites excluding steroid dienone is 18. The molecule has 0 amide bonds. The van der Waals surface area contributed by atoms with Gasteiger partial charge in [-0.2, -0.15) is 0 Å². The Bertz CT molecular complexity index is 1540. The number of ether oxygens (including phenoxy) is 3. The van der Waals surface area contributed by atoms with Crippen molar-refractivity contribution in [1.29, 1.82) is 0 Å². The van der Waals surface area contributed by atoms with Gasteiger partial charge in [-0.25, -0.2) is 0 Å². The van der Waals surface area contributed by atoms with Crippen molar-refractivity contribution in [1.82, 2.24) is 0 Å². The summed E-state index contributed by atoms with van der Waals surface area (Å²) in [5.74, 6) is -0.914. The normalized spacial score (nSPS) is 12.8. The Kier molecular flexibility index (Phi) is 60.3. The number of unbranched alkanes of at least 4 members (excludes halogenated alkanes) is 28. The predicted molar refractivity (Wildman–Crippen MR) is 330 cm³/mol. The van der Waals surface area contributed by atoms with E-state index in [9.17, 15) is 14.4 Å². The molecule has 0 heterocycles. The van der Waals surface area contributed by atoms with Crippen molar-refractivity contribution in [2.75, 3.05) is 13.2 Å². The first-order valence-corrected chi connectivity index (χ1v) is 31.9. The molecule has 0 aliphatic carbocycles. The van der Waals surface area contributed by atoms with Crippen LogP contribution in [0.4, 0.5) is 0 Å². The molecule has 0 radical (unpaired) electrons. The molecule has 0 aromatic rings. The number of esters is 3. The maximum absolute atomic E-state index is 12.9. The zero-order chi connectivity index (χ0) is 55.0. The summed E-state index contributed by atoms with van der Waals surface area (Å²) in [6, 6.07) is 0. The van der Waals surface area contributed by atoms with Gasteiger partial charge in [0.1, 0.15) is 13.2 Å². The topological polar surface area (TPSA) is 78.9 Å². The van der Waals surface area contributed by atoms with E-state index in [1.165, 1.54) is 116 Å². The van der Waals surface area contributed by atoms with Crippen LogP contribution >= 0.6 is 0 Å². The van der Waals surface area contributed by atoms with Crippen molar-refractivity contribution in [2.24, 2.45) is 0 Å². The molecule has 434 valence electrons. The quantitative estimate of drug-likeness (QED) is 0.0261. The largest absolute Gasteiger partial charge is 0.462 e. The molecular weight excluding hydrogens is 937 g/mol. The zero-order valence-electron chi connectivity index (χ0n) is 49.7. The second-order valence-corrected chi connectivity index (χ2v) is 20.9. The van der Waals surface area contributed by atoms with Crippen LogP contribution in [-0.4, -0.2) is 37.2 Å². The van der Waals surface area contributed by atoms with Crippen LogP contribution in [0, 0.1) is 0 Å². The smallest absolute Gasteiger partial charge is 0.306 e. The summed E-state index contributed by atoms with van der Waals surface area (Å²) >= 11 is 0. The van der Waals surface area contributed by atoms with Gasteiger partial charge >= 0.3 is 17.9 Å². The van der Waals surface area contributed by atoms with Crippen LogP contribution < -0.4 is 0 Å². The molecule has 0 saturated heterocycles. The number of carbonyl (C=O) groups is 3. The molecule has 1 atom stereocenters. The summed E-state index contributed by atoms with van der Waals surface area (Å²) in [6.07, 6.45) is 86.6. The number of rotatable bonds is 57. The van der Waals surface area contributed by atoms with Crippen molar-refractivity contribution in [3.8, 4) is 0 Å². The minimum Gasteiger partial charge on any atom is -0.462 e. The highest BCUT2D eigenvalue weighted by atomic mass is 16.6. The van der Waals surface area contributed by atoms with E-state index in [4.69, 9.17) is 14.2 Å². The minimum atomic E-state index is -0.794. The Morgan fingerprint density at radius 2 is 0.513 bits per heavy atom. The van der Waals surface area contributed by atoms with Crippen LogP contribution in [-0.2, 0) is 28.6 Å². The standard InChI is InChI=1S/C70H118O6/c1-4-7-10-13-16-19-22-25-28-30-31-32-33-34-35-36-37-38-39-40-43-45-48-51-54-57-60-63-69(72)75-66-67(65-74-68(71)62-59-56-53-50-47-44-41-27-24-21-18-15-12-9-6-3)76-70(73)64-61-58-55-52-49-46-42-29-26-23-20-17-14-11-8-5-2/h7,10,16,18-19,21,25,27-29,31-32,34-35,37-38,41-42,67H,4-6,8-9,11-15,17,20,22-24,26,30,33,36,39-40,43-66H2,1-3H3/b10-7-,19-16-,21-18-,28-25-,32-31-,35-34-,38-37-,41-27-,42-29-. The van der Waals surface area contributed by atoms with E-state index in [2.05, 4.69) is 130 Å². The van der Waals surface area contributed by atoms with Gasteiger partial charge in [0.2, 0.25) is 0 Å². The summed E-state index contributed by atoms with van der Waals surface area (Å²) in [7, 11) is 0. The molecule has 1 unspecified atom stereocenters. The Labute approximate surface area is 470 Å². The minimum absolute atomic E-state index is 0.0907. The van der Waals surface area contributed by atoms with Gasteiger partial charge in [0.25, 0.3) is 0 Å². The average molecular weight is 1060 g/mol. The molecule has 0 aromatic carbocycles. The Hall–Kier alpha value is -3.93. The van der Waals surface area contributed by atoms with Crippen molar-refractivity contribution >= 4 is 17.9 Å². The maximum Gasteiger partial charge on any atom is 0.306 e. The van der Waals surface area contributed by atoms with E-state index in [-0.39, 0.29) is 31.1 Å². The van der Waals surface area contributed by atoms with E-state index in [0.717, 1.165) is 141 Å². The SMILES string of the molecule is CC/C=C\C/C=C\C/C=C\C/C=C\C/C=C\C/C=C\CCCCCCCCCCC(=O)OCC(COC(=O)CCCCCCC/C=C\C/C=C\CCCCC)OC(=O)CCCCCCC/C=C\CCCCCCCCC. The van der Waals surface area contributed by atoms with Crippen LogP contribution in [0.2, 0.25) is 0 Å². The highest BCUT2D eigenvalue weighted by Crippen LogP contribution is 2.15. The molecule has 0 bridgehead atoms. The van der Waals surface area contributed by atoms with Crippen molar-refractivity contribution in [3.63, 3.8) is 0 Å². The van der Waals surface area contributed by atoms with Crippen molar-refractivity contribution in [2.45, 2.75) is 303 Å². The Morgan fingerprint density at radius 3 is 0.842 bits per heavy atom. The van der Waals surface area contributed by atoms with Crippen molar-refractivity contribution in [3.05, 3.63) is 109 Å².